The zero-order valence-electron chi connectivity index (χ0n) is 16.7. The molecule has 1 aliphatic heterocycles. The van der Waals surface area contributed by atoms with Crippen molar-refractivity contribution in [3.05, 3.63) is 57.0 Å². The van der Waals surface area contributed by atoms with Crippen LogP contribution < -0.4 is 15.8 Å². The number of furan rings is 1. The molecule has 11 heteroatoms. The van der Waals surface area contributed by atoms with E-state index in [2.05, 4.69) is 20.3 Å². The molecular formula is C21H17Cl2N5O3S. The second-order valence-electron chi connectivity index (χ2n) is 7.36. The Morgan fingerprint density at radius 3 is 2.62 bits per heavy atom. The third-order valence-electron chi connectivity index (χ3n) is 5.06. The Balaban J connectivity index is 1.53. The normalized spacial score (nSPS) is 13.8. The first-order valence-electron chi connectivity index (χ1n) is 9.94. The summed E-state index contributed by atoms with van der Waals surface area (Å²) in [6.07, 6.45) is 3.73. The summed E-state index contributed by atoms with van der Waals surface area (Å²) in [6, 6.07) is 8.22. The lowest BCUT2D eigenvalue weighted by Crippen LogP contribution is -2.30. The summed E-state index contributed by atoms with van der Waals surface area (Å²) in [5.41, 5.74) is 0.747. The Hall–Kier alpha value is -2.88. The maximum atomic E-state index is 13.1. The van der Waals surface area contributed by atoms with E-state index in [1.807, 2.05) is 0 Å². The van der Waals surface area contributed by atoms with Gasteiger partial charge in [0.1, 0.15) is 12.2 Å². The first-order valence-corrected chi connectivity index (χ1v) is 11.5. The molecule has 0 atom stereocenters. The Morgan fingerprint density at radius 2 is 1.94 bits per heavy atom. The van der Waals surface area contributed by atoms with E-state index in [1.165, 1.54) is 17.6 Å². The summed E-state index contributed by atoms with van der Waals surface area (Å²) in [5.74, 6) is 0.0556. The van der Waals surface area contributed by atoms with Gasteiger partial charge in [-0.15, -0.1) is 0 Å². The molecule has 0 spiro atoms. The molecule has 0 saturated carbocycles. The summed E-state index contributed by atoms with van der Waals surface area (Å²) >= 11 is 13.4. The molecule has 0 bridgehead atoms. The molecule has 0 aliphatic carbocycles. The van der Waals surface area contributed by atoms with Crippen molar-refractivity contribution in [2.45, 2.75) is 19.4 Å². The van der Waals surface area contributed by atoms with Gasteiger partial charge in [-0.3, -0.25) is 9.59 Å². The number of benzene rings is 1. The van der Waals surface area contributed by atoms with Crippen molar-refractivity contribution in [2.75, 3.05) is 23.3 Å². The van der Waals surface area contributed by atoms with Gasteiger partial charge in [-0.25, -0.2) is 9.67 Å². The predicted octanol–water partition coefficient (Wildman–Crippen LogP) is 4.66. The molecule has 0 radical (unpaired) electrons. The number of nitrogens with one attached hydrogen (secondary N) is 1. The van der Waals surface area contributed by atoms with Crippen molar-refractivity contribution >= 4 is 61.5 Å². The molecular weight excluding hydrogens is 473 g/mol. The van der Waals surface area contributed by atoms with Gasteiger partial charge < -0.3 is 14.6 Å². The fraction of sp³-hybridized carbons (Fsp3) is 0.238. The SMILES string of the molecule is O=C(Cn1nc(-c2ccco2)c2sc(N3CCCC3)nc2c1=O)Nc1cc(Cl)cc(Cl)c1. The molecule has 1 saturated heterocycles. The van der Waals surface area contributed by atoms with Crippen LogP contribution in [-0.4, -0.2) is 33.8 Å². The zero-order valence-corrected chi connectivity index (χ0v) is 19.0. The van der Waals surface area contributed by atoms with Crippen molar-refractivity contribution in [1.29, 1.82) is 0 Å². The van der Waals surface area contributed by atoms with E-state index in [0.717, 1.165) is 35.7 Å². The van der Waals surface area contributed by atoms with E-state index in [-0.39, 0.29) is 12.1 Å². The van der Waals surface area contributed by atoms with E-state index in [9.17, 15) is 9.59 Å². The van der Waals surface area contributed by atoms with Gasteiger partial charge in [0.15, 0.2) is 16.4 Å². The monoisotopic (exact) mass is 489 g/mol. The van der Waals surface area contributed by atoms with Gasteiger partial charge in [0.25, 0.3) is 5.56 Å². The van der Waals surface area contributed by atoms with Crippen LogP contribution in [0.5, 0.6) is 0 Å². The van der Waals surface area contributed by atoms with Crippen LogP contribution in [0.4, 0.5) is 10.8 Å². The van der Waals surface area contributed by atoms with E-state index in [1.54, 1.807) is 30.3 Å². The van der Waals surface area contributed by atoms with Crippen molar-refractivity contribution in [3.8, 4) is 11.5 Å². The lowest BCUT2D eigenvalue weighted by Gasteiger charge is -2.11. The molecule has 164 valence electrons. The minimum absolute atomic E-state index is 0.275. The molecule has 3 aromatic heterocycles. The summed E-state index contributed by atoms with van der Waals surface area (Å²) in [5, 5.41) is 8.70. The Morgan fingerprint density at radius 1 is 1.19 bits per heavy atom. The van der Waals surface area contributed by atoms with Crippen LogP contribution in [0.3, 0.4) is 0 Å². The smallest absolute Gasteiger partial charge is 0.294 e. The minimum Gasteiger partial charge on any atom is -0.463 e. The van der Waals surface area contributed by atoms with Gasteiger partial charge in [-0.05, 0) is 43.2 Å². The number of thiazole rings is 1. The number of rotatable bonds is 5. The largest absolute Gasteiger partial charge is 0.463 e. The lowest BCUT2D eigenvalue weighted by molar-refractivity contribution is -0.117. The summed E-state index contributed by atoms with van der Waals surface area (Å²) in [7, 11) is 0. The Bertz CT molecular complexity index is 1340. The average molecular weight is 490 g/mol. The minimum atomic E-state index is -0.447. The third kappa shape index (κ3) is 4.11. The molecule has 1 aromatic carbocycles. The summed E-state index contributed by atoms with van der Waals surface area (Å²) in [6.45, 7) is 1.51. The highest BCUT2D eigenvalue weighted by Gasteiger charge is 2.23. The van der Waals surface area contributed by atoms with Crippen molar-refractivity contribution in [3.63, 3.8) is 0 Å². The molecule has 1 fully saturated rings. The van der Waals surface area contributed by atoms with Gasteiger partial charge >= 0.3 is 0 Å². The number of fused-ring (bicyclic) bond motifs is 1. The van der Waals surface area contributed by atoms with Gasteiger partial charge in [0.05, 0.1) is 11.0 Å². The van der Waals surface area contributed by atoms with Gasteiger partial charge in [0, 0.05) is 28.8 Å². The molecule has 1 amide bonds. The number of hydrogen-bond acceptors (Lipinski definition) is 7. The lowest BCUT2D eigenvalue weighted by atomic mass is 10.3. The number of carbonyl (C=O) groups excluding carboxylic acids is 1. The topological polar surface area (TPSA) is 93.3 Å². The van der Waals surface area contributed by atoms with Crippen LogP contribution in [0, 0.1) is 0 Å². The molecule has 1 aliphatic rings. The predicted molar refractivity (Wildman–Crippen MR) is 126 cm³/mol. The van der Waals surface area contributed by atoms with Gasteiger partial charge in [-0.1, -0.05) is 34.5 Å². The molecule has 4 heterocycles. The molecule has 1 N–H and O–H groups in total. The van der Waals surface area contributed by atoms with Crippen molar-refractivity contribution in [2.24, 2.45) is 0 Å². The first kappa shape index (κ1) is 21.0. The highest BCUT2D eigenvalue weighted by Crippen LogP contribution is 2.35. The van der Waals surface area contributed by atoms with Gasteiger partial charge in [-0.2, -0.15) is 5.10 Å². The number of amides is 1. The van der Waals surface area contributed by atoms with Crippen LogP contribution >= 0.6 is 34.5 Å². The highest BCUT2D eigenvalue weighted by molar-refractivity contribution is 7.22. The number of carbonyl (C=O) groups is 1. The van der Waals surface area contributed by atoms with Crippen molar-refractivity contribution in [1.82, 2.24) is 14.8 Å². The Kier molecular flexibility index (Phi) is 5.62. The van der Waals surface area contributed by atoms with E-state index < -0.39 is 11.5 Å². The van der Waals surface area contributed by atoms with Crippen molar-refractivity contribution < 1.29 is 9.21 Å². The van der Waals surface area contributed by atoms with E-state index in [4.69, 9.17) is 27.6 Å². The number of hydrogen-bond donors (Lipinski definition) is 1. The number of halogens is 2. The molecule has 4 aromatic rings. The number of anilines is 2. The van der Waals surface area contributed by atoms with Crippen LogP contribution in [0.1, 0.15) is 12.8 Å². The fourth-order valence-electron chi connectivity index (χ4n) is 3.64. The number of aromatic nitrogens is 3. The van der Waals surface area contributed by atoms with E-state index >= 15 is 0 Å². The number of nitrogens with zero attached hydrogens (tertiary/aromatic N) is 4. The van der Waals surface area contributed by atoms with Crippen LogP contribution in [-0.2, 0) is 11.3 Å². The molecule has 5 rings (SSSR count). The maximum Gasteiger partial charge on any atom is 0.294 e. The standard InChI is InChI=1S/C21H17Cl2N5O3S/c22-12-8-13(23)10-14(9-12)24-16(29)11-28-20(30)18-19(17(26-28)15-4-3-7-31-15)32-21(25-18)27-5-1-2-6-27/h3-4,7-10H,1-2,5-6,11H2,(H,24,29). The van der Waals surface area contributed by atoms with Crippen LogP contribution in [0.25, 0.3) is 21.7 Å². The fourth-order valence-corrected chi connectivity index (χ4v) is 5.26. The molecule has 0 unspecified atom stereocenters. The first-order chi connectivity index (χ1) is 15.5. The third-order valence-corrected chi connectivity index (χ3v) is 6.62. The van der Waals surface area contributed by atoms with Gasteiger partial charge in [0.2, 0.25) is 5.91 Å². The average Bonchev–Trinajstić information content (AvgIpc) is 3.50. The summed E-state index contributed by atoms with van der Waals surface area (Å²) < 4.78 is 7.29. The van der Waals surface area contributed by atoms with E-state index in [0.29, 0.717) is 31.9 Å². The van der Waals surface area contributed by atoms with Crippen LogP contribution in [0.2, 0.25) is 10.0 Å². The summed E-state index contributed by atoms with van der Waals surface area (Å²) in [4.78, 5) is 32.6. The molecule has 32 heavy (non-hydrogen) atoms. The second-order valence-corrected chi connectivity index (χ2v) is 9.21. The maximum absolute atomic E-state index is 13.1. The molecule has 8 nitrogen and oxygen atoms in total. The second kappa shape index (κ2) is 8.57. The van der Waals surface area contributed by atoms with Crippen LogP contribution in [0.15, 0.2) is 45.8 Å². The quantitative estimate of drug-likeness (QED) is 0.438. The zero-order chi connectivity index (χ0) is 22.2. The highest BCUT2D eigenvalue weighted by atomic mass is 35.5. The Labute approximate surface area is 196 Å².